The predicted molar refractivity (Wildman–Crippen MR) is 57.2 cm³/mol. The lowest BCUT2D eigenvalue weighted by atomic mass is 10.1. The minimum atomic E-state index is 0.189. The van der Waals surface area contributed by atoms with Gasteiger partial charge in [0.25, 0.3) is 0 Å². The lowest BCUT2D eigenvalue weighted by molar-refractivity contribution is 0.483. The third kappa shape index (κ3) is 1.19. The Morgan fingerprint density at radius 1 is 1.57 bits per heavy atom. The summed E-state index contributed by atoms with van der Waals surface area (Å²) in [5.41, 5.74) is 7.01. The summed E-state index contributed by atoms with van der Waals surface area (Å²) in [7, 11) is 0. The van der Waals surface area contributed by atoms with Crippen molar-refractivity contribution in [3.63, 3.8) is 0 Å². The summed E-state index contributed by atoms with van der Waals surface area (Å²) in [6, 6.07) is 5.45. The van der Waals surface area contributed by atoms with Gasteiger partial charge in [0.1, 0.15) is 5.75 Å². The van der Waals surface area contributed by atoms with Crippen molar-refractivity contribution in [3.05, 3.63) is 23.1 Å². The van der Waals surface area contributed by atoms with Gasteiger partial charge in [-0.3, -0.25) is 0 Å². The molecule has 2 rings (SSSR count). The van der Waals surface area contributed by atoms with Gasteiger partial charge in [-0.2, -0.15) is 5.26 Å². The molecule has 0 aliphatic heterocycles. The summed E-state index contributed by atoms with van der Waals surface area (Å²) < 4.78 is 0.796. The quantitative estimate of drug-likeness (QED) is 0.700. The van der Waals surface area contributed by atoms with E-state index >= 15 is 0 Å². The zero-order valence-electron chi connectivity index (χ0n) is 7.32. The molecule has 14 heavy (non-hydrogen) atoms. The van der Waals surface area contributed by atoms with Crippen LogP contribution in [0.3, 0.4) is 0 Å². The minimum Gasteiger partial charge on any atom is -0.506 e. The van der Waals surface area contributed by atoms with Crippen molar-refractivity contribution < 1.29 is 5.11 Å². The van der Waals surface area contributed by atoms with Crippen LogP contribution >= 0.6 is 11.3 Å². The number of nitrogen functional groups attached to an aromatic ring is 1. The number of thiophene rings is 1. The average Bonchev–Trinajstić information content (AvgIpc) is 2.60. The molecular weight excluding hydrogens is 196 g/mol. The molecule has 2 aromatic rings. The van der Waals surface area contributed by atoms with Crippen LogP contribution in [0, 0.1) is 11.3 Å². The second-order valence-electron chi connectivity index (χ2n) is 2.96. The van der Waals surface area contributed by atoms with Crippen LogP contribution in [0.1, 0.15) is 5.56 Å². The number of rotatable bonds is 1. The van der Waals surface area contributed by atoms with E-state index in [1.54, 1.807) is 0 Å². The number of nitriles is 1. The van der Waals surface area contributed by atoms with Crippen molar-refractivity contribution in [2.24, 2.45) is 0 Å². The van der Waals surface area contributed by atoms with E-state index in [1.807, 2.05) is 11.4 Å². The smallest absolute Gasteiger partial charge is 0.135 e. The van der Waals surface area contributed by atoms with Crippen molar-refractivity contribution in [1.82, 2.24) is 0 Å². The number of aromatic hydroxyl groups is 1. The van der Waals surface area contributed by atoms with Crippen LogP contribution in [0.15, 0.2) is 17.5 Å². The van der Waals surface area contributed by atoms with Gasteiger partial charge in [0, 0.05) is 17.1 Å². The molecule has 0 bridgehead atoms. The van der Waals surface area contributed by atoms with Gasteiger partial charge in [-0.25, -0.2) is 0 Å². The second-order valence-corrected chi connectivity index (χ2v) is 3.88. The van der Waals surface area contributed by atoms with E-state index in [1.165, 1.54) is 17.4 Å². The fourth-order valence-electron chi connectivity index (χ4n) is 1.48. The molecule has 1 aromatic carbocycles. The summed E-state index contributed by atoms with van der Waals surface area (Å²) in [4.78, 5) is 0. The maximum atomic E-state index is 9.58. The molecule has 1 aromatic heterocycles. The molecule has 4 heteroatoms. The fourth-order valence-corrected chi connectivity index (χ4v) is 2.32. The van der Waals surface area contributed by atoms with Gasteiger partial charge in [0.05, 0.1) is 17.2 Å². The van der Waals surface area contributed by atoms with Gasteiger partial charge in [-0.1, -0.05) is 0 Å². The predicted octanol–water partition coefficient (Wildman–Crippen LogP) is 2.26. The first-order chi connectivity index (χ1) is 6.74. The van der Waals surface area contributed by atoms with Crippen molar-refractivity contribution in [2.75, 3.05) is 5.73 Å². The third-order valence-electron chi connectivity index (χ3n) is 2.12. The molecule has 0 spiro atoms. The summed E-state index contributed by atoms with van der Waals surface area (Å²) in [5, 5.41) is 21.0. The molecule has 1 heterocycles. The number of anilines is 1. The molecular formula is C10H8N2OS. The third-order valence-corrected chi connectivity index (χ3v) is 3.06. The Hall–Kier alpha value is -1.73. The maximum Gasteiger partial charge on any atom is 0.135 e. The monoisotopic (exact) mass is 204 g/mol. The first kappa shape index (κ1) is 8.85. The van der Waals surface area contributed by atoms with Crippen molar-refractivity contribution in [1.29, 1.82) is 5.26 Å². The van der Waals surface area contributed by atoms with Crippen molar-refractivity contribution in [3.8, 4) is 11.8 Å². The number of fused-ring (bicyclic) bond motifs is 1. The lowest BCUT2D eigenvalue weighted by Crippen LogP contribution is -1.93. The highest BCUT2D eigenvalue weighted by Crippen LogP contribution is 2.36. The normalized spacial score (nSPS) is 10.2. The molecule has 0 atom stereocenters. The molecule has 0 fully saturated rings. The van der Waals surface area contributed by atoms with E-state index in [-0.39, 0.29) is 12.2 Å². The molecule has 0 amide bonds. The molecule has 0 unspecified atom stereocenters. The number of nitrogens with zero attached hydrogens (tertiary/aromatic N) is 1. The number of benzene rings is 1. The molecule has 0 aliphatic carbocycles. The highest BCUT2D eigenvalue weighted by Gasteiger charge is 2.10. The Kier molecular flexibility index (Phi) is 2.02. The zero-order chi connectivity index (χ0) is 10.1. The molecule has 0 radical (unpaired) electrons. The van der Waals surface area contributed by atoms with Crippen LogP contribution in [-0.2, 0) is 6.42 Å². The van der Waals surface area contributed by atoms with Gasteiger partial charge < -0.3 is 10.8 Å². The highest BCUT2D eigenvalue weighted by atomic mass is 32.1. The van der Waals surface area contributed by atoms with E-state index in [2.05, 4.69) is 6.07 Å². The SMILES string of the molecule is N#CCc1c(N)cc(O)c2sccc12. The Morgan fingerprint density at radius 2 is 2.36 bits per heavy atom. The van der Waals surface area contributed by atoms with Gasteiger partial charge in [-0.15, -0.1) is 11.3 Å². The Morgan fingerprint density at radius 3 is 3.07 bits per heavy atom. The largest absolute Gasteiger partial charge is 0.506 e. The standard InChI is InChI=1S/C10H8N2OS/c11-3-1-6-7-2-4-14-10(7)9(13)5-8(6)12/h2,4-5,13H,1,12H2. The zero-order valence-corrected chi connectivity index (χ0v) is 8.14. The van der Waals surface area contributed by atoms with Crippen LogP contribution in [0.25, 0.3) is 10.1 Å². The molecule has 3 nitrogen and oxygen atoms in total. The first-order valence-corrected chi connectivity index (χ1v) is 4.96. The van der Waals surface area contributed by atoms with Gasteiger partial charge in [0.2, 0.25) is 0 Å². The Bertz CT molecular complexity index is 525. The van der Waals surface area contributed by atoms with E-state index < -0.39 is 0 Å². The molecule has 70 valence electrons. The van der Waals surface area contributed by atoms with Crippen molar-refractivity contribution in [2.45, 2.75) is 6.42 Å². The minimum absolute atomic E-state index is 0.189. The lowest BCUT2D eigenvalue weighted by Gasteiger charge is -2.04. The van der Waals surface area contributed by atoms with E-state index in [9.17, 15) is 5.11 Å². The number of nitrogens with two attached hydrogens (primary N) is 1. The fraction of sp³-hybridized carbons (Fsp3) is 0.100. The number of phenols is 1. The highest BCUT2D eigenvalue weighted by molar-refractivity contribution is 7.17. The summed E-state index contributed by atoms with van der Waals surface area (Å²) in [6.07, 6.45) is 0.277. The van der Waals surface area contributed by atoms with Crippen LogP contribution in [0.4, 0.5) is 5.69 Å². The summed E-state index contributed by atoms with van der Waals surface area (Å²) >= 11 is 1.45. The Labute approximate surface area is 85.0 Å². The summed E-state index contributed by atoms with van der Waals surface area (Å²) in [6.45, 7) is 0. The first-order valence-electron chi connectivity index (χ1n) is 4.08. The van der Waals surface area contributed by atoms with Crippen LogP contribution in [-0.4, -0.2) is 5.11 Å². The number of hydrogen-bond acceptors (Lipinski definition) is 4. The number of hydrogen-bond donors (Lipinski definition) is 2. The summed E-state index contributed by atoms with van der Waals surface area (Å²) in [5.74, 6) is 0.189. The van der Waals surface area contributed by atoms with Gasteiger partial charge >= 0.3 is 0 Å². The maximum absolute atomic E-state index is 9.58. The van der Waals surface area contributed by atoms with Crippen LogP contribution in [0.5, 0.6) is 5.75 Å². The van der Waals surface area contributed by atoms with Gasteiger partial charge in [0.15, 0.2) is 0 Å². The molecule has 0 saturated carbocycles. The topological polar surface area (TPSA) is 70.0 Å². The second kappa shape index (κ2) is 3.20. The molecule has 0 saturated heterocycles. The molecule has 3 N–H and O–H groups in total. The van der Waals surface area contributed by atoms with E-state index in [0.29, 0.717) is 5.69 Å². The Balaban J connectivity index is 2.81. The van der Waals surface area contributed by atoms with Gasteiger partial charge in [-0.05, 0) is 17.0 Å². The van der Waals surface area contributed by atoms with Crippen LogP contribution < -0.4 is 5.73 Å². The average molecular weight is 204 g/mol. The van der Waals surface area contributed by atoms with Crippen molar-refractivity contribution >= 4 is 27.1 Å². The van der Waals surface area contributed by atoms with E-state index in [4.69, 9.17) is 11.0 Å². The van der Waals surface area contributed by atoms with E-state index in [0.717, 1.165) is 15.6 Å². The van der Waals surface area contributed by atoms with Crippen LogP contribution in [0.2, 0.25) is 0 Å². The molecule has 0 aliphatic rings. The number of phenolic OH excluding ortho intramolecular Hbond substituents is 1.